The summed E-state index contributed by atoms with van der Waals surface area (Å²) in [5.41, 5.74) is 0. The van der Waals surface area contributed by atoms with E-state index in [4.69, 9.17) is 21.6 Å². The van der Waals surface area contributed by atoms with E-state index in [0.717, 1.165) is 13.1 Å². The molecule has 0 fully saturated rings. The Morgan fingerprint density at radius 3 is 2.77 bits per heavy atom. The SMILES string of the molecule is CC(C#N)CN(C)CCOCCCl. The Balaban J connectivity index is 3.30. The van der Waals surface area contributed by atoms with E-state index in [1.54, 1.807) is 0 Å². The Kier molecular flexibility index (Phi) is 8.11. The molecule has 0 heterocycles. The van der Waals surface area contributed by atoms with Crippen LogP contribution in [0.4, 0.5) is 0 Å². The van der Waals surface area contributed by atoms with Gasteiger partial charge in [0.25, 0.3) is 0 Å². The van der Waals surface area contributed by atoms with Gasteiger partial charge in [0.2, 0.25) is 0 Å². The van der Waals surface area contributed by atoms with E-state index < -0.39 is 0 Å². The van der Waals surface area contributed by atoms with Crippen LogP contribution in [0.2, 0.25) is 0 Å². The van der Waals surface area contributed by atoms with E-state index in [0.29, 0.717) is 19.1 Å². The molecular weight excluding hydrogens is 188 g/mol. The molecule has 0 N–H and O–H groups in total. The van der Waals surface area contributed by atoms with Crippen LogP contribution in [0, 0.1) is 17.2 Å². The maximum atomic E-state index is 8.57. The number of hydrogen-bond acceptors (Lipinski definition) is 3. The fourth-order valence-corrected chi connectivity index (χ4v) is 1.09. The fourth-order valence-electron chi connectivity index (χ4n) is 0.977. The minimum absolute atomic E-state index is 0.0815. The minimum Gasteiger partial charge on any atom is -0.379 e. The lowest BCUT2D eigenvalue weighted by Crippen LogP contribution is -2.27. The van der Waals surface area contributed by atoms with Crippen molar-refractivity contribution < 1.29 is 4.74 Å². The van der Waals surface area contributed by atoms with Gasteiger partial charge in [0.05, 0.1) is 25.2 Å². The molecule has 0 aromatic heterocycles. The summed E-state index contributed by atoms with van der Waals surface area (Å²) in [6.07, 6.45) is 0. The molecule has 0 saturated heterocycles. The Morgan fingerprint density at radius 2 is 2.23 bits per heavy atom. The first-order valence-electron chi connectivity index (χ1n) is 4.42. The molecule has 0 rings (SSSR count). The number of halogens is 1. The zero-order chi connectivity index (χ0) is 10.1. The molecule has 13 heavy (non-hydrogen) atoms. The molecule has 0 bridgehead atoms. The summed E-state index contributed by atoms with van der Waals surface area (Å²) < 4.78 is 5.21. The molecule has 0 aromatic carbocycles. The van der Waals surface area contributed by atoms with Crippen LogP contribution in [0.15, 0.2) is 0 Å². The van der Waals surface area contributed by atoms with E-state index in [2.05, 4.69) is 11.0 Å². The smallest absolute Gasteiger partial charge is 0.0666 e. The molecule has 0 aromatic rings. The Labute approximate surface area is 85.2 Å². The van der Waals surface area contributed by atoms with Crippen LogP contribution in [0.25, 0.3) is 0 Å². The van der Waals surface area contributed by atoms with Crippen molar-refractivity contribution in [2.24, 2.45) is 5.92 Å². The molecule has 0 aliphatic heterocycles. The first-order valence-corrected chi connectivity index (χ1v) is 4.96. The van der Waals surface area contributed by atoms with E-state index in [1.165, 1.54) is 0 Å². The molecule has 76 valence electrons. The van der Waals surface area contributed by atoms with Crippen molar-refractivity contribution in [3.8, 4) is 6.07 Å². The number of ether oxygens (including phenoxy) is 1. The third-order valence-electron chi connectivity index (χ3n) is 1.64. The van der Waals surface area contributed by atoms with Crippen molar-refractivity contribution >= 4 is 11.6 Å². The highest BCUT2D eigenvalue weighted by molar-refractivity contribution is 6.17. The molecule has 1 atom stereocenters. The normalized spacial score (nSPS) is 12.8. The fraction of sp³-hybridized carbons (Fsp3) is 0.889. The number of nitrogens with zero attached hydrogens (tertiary/aromatic N) is 2. The van der Waals surface area contributed by atoms with Crippen LogP contribution in [-0.4, -0.2) is 44.1 Å². The third kappa shape index (κ3) is 8.04. The van der Waals surface area contributed by atoms with Gasteiger partial charge >= 0.3 is 0 Å². The van der Waals surface area contributed by atoms with E-state index >= 15 is 0 Å². The van der Waals surface area contributed by atoms with Gasteiger partial charge in [-0.05, 0) is 14.0 Å². The Bertz CT molecular complexity index is 158. The largest absolute Gasteiger partial charge is 0.379 e. The molecule has 0 saturated carbocycles. The number of rotatable bonds is 7. The standard InChI is InChI=1S/C9H17ClN2O/c1-9(7-11)8-12(2)4-6-13-5-3-10/h9H,3-6,8H2,1-2H3. The summed E-state index contributed by atoms with van der Waals surface area (Å²) in [4.78, 5) is 2.09. The maximum Gasteiger partial charge on any atom is 0.0666 e. The lowest BCUT2D eigenvalue weighted by Gasteiger charge is -2.17. The van der Waals surface area contributed by atoms with Gasteiger partial charge in [-0.25, -0.2) is 0 Å². The van der Waals surface area contributed by atoms with E-state index in [-0.39, 0.29) is 5.92 Å². The van der Waals surface area contributed by atoms with Gasteiger partial charge < -0.3 is 9.64 Å². The first kappa shape index (κ1) is 12.7. The predicted octanol–water partition coefficient (Wildman–Crippen LogP) is 1.33. The zero-order valence-electron chi connectivity index (χ0n) is 8.29. The maximum absolute atomic E-state index is 8.57. The lowest BCUT2D eigenvalue weighted by atomic mass is 10.2. The summed E-state index contributed by atoms with van der Waals surface area (Å²) >= 11 is 5.44. The molecule has 0 amide bonds. The summed E-state index contributed by atoms with van der Waals surface area (Å²) in [5.74, 6) is 0.621. The summed E-state index contributed by atoms with van der Waals surface area (Å²) in [5, 5.41) is 8.57. The molecule has 0 radical (unpaired) electrons. The first-order chi connectivity index (χ1) is 6.20. The Morgan fingerprint density at radius 1 is 1.54 bits per heavy atom. The van der Waals surface area contributed by atoms with Crippen molar-refractivity contribution in [2.75, 3.05) is 39.2 Å². The highest BCUT2D eigenvalue weighted by Crippen LogP contribution is 1.95. The van der Waals surface area contributed by atoms with Gasteiger partial charge in [-0.2, -0.15) is 5.26 Å². The second-order valence-electron chi connectivity index (χ2n) is 3.09. The molecule has 4 heteroatoms. The quantitative estimate of drug-likeness (QED) is 0.464. The third-order valence-corrected chi connectivity index (χ3v) is 1.80. The molecule has 0 spiro atoms. The van der Waals surface area contributed by atoms with Gasteiger partial charge in [-0.3, -0.25) is 0 Å². The van der Waals surface area contributed by atoms with Crippen molar-refractivity contribution in [1.82, 2.24) is 4.90 Å². The van der Waals surface area contributed by atoms with Crippen LogP contribution < -0.4 is 0 Å². The molecular formula is C9H17ClN2O. The van der Waals surface area contributed by atoms with Gasteiger partial charge in [0.1, 0.15) is 0 Å². The lowest BCUT2D eigenvalue weighted by molar-refractivity contribution is 0.121. The number of alkyl halides is 1. The highest BCUT2D eigenvalue weighted by Gasteiger charge is 2.03. The number of likely N-dealkylation sites (N-methyl/N-ethyl adjacent to an activating group) is 1. The van der Waals surface area contributed by atoms with Crippen molar-refractivity contribution in [3.63, 3.8) is 0 Å². The Hall–Kier alpha value is -0.300. The van der Waals surface area contributed by atoms with Crippen LogP contribution >= 0.6 is 11.6 Å². The molecule has 1 unspecified atom stereocenters. The highest BCUT2D eigenvalue weighted by atomic mass is 35.5. The minimum atomic E-state index is 0.0815. The second-order valence-corrected chi connectivity index (χ2v) is 3.47. The average Bonchev–Trinajstić information content (AvgIpc) is 2.12. The molecule has 0 aliphatic carbocycles. The summed E-state index contributed by atoms with van der Waals surface area (Å²) in [6, 6.07) is 2.19. The van der Waals surface area contributed by atoms with Crippen LogP contribution in [-0.2, 0) is 4.74 Å². The van der Waals surface area contributed by atoms with Crippen molar-refractivity contribution in [1.29, 1.82) is 5.26 Å². The number of nitriles is 1. The van der Waals surface area contributed by atoms with Gasteiger partial charge in [0, 0.05) is 19.0 Å². The van der Waals surface area contributed by atoms with E-state index in [9.17, 15) is 0 Å². The topological polar surface area (TPSA) is 36.3 Å². The van der Waals surface area contributed by atoms with Crippen molar-refractivity contribution in [2.45, 2.75) is 6.92 Å². The predicted molar refractivity (Wildman–Crippen MR) is 53.8 cm³/mol. The van der Waals surface area contributed by atoms with Crippen molar-refractivity contribution in [3.05, 3.63) is 0 Å². The van der Waals surface area contributed by atoms with Crippen LogP contribution in [0.3, 0.4) is 0 Å². The van der Waals surface area contributed by atoms with E-state index in [1.807, 2.05) is 14.0 Å². The van der Waals surface area contributed by atoms with Gasteiger partial charge in [0.15, 0.2) is 0 Å². The number of hydrogen-bond donors (Lipinski definition) is 0. The summed E-state index contributed by atoms with van der Waals surface area (Å²) in [6.45, 7) is 4.84. The molecule has 0 aliphatic rings. The molecule has 3 nitrogen and oxygen atoms in total. The average molecular weight is 205 g/mol. The van der Waals surface area contributed by atoms with Gasteiger partial charge in [-0.15, -0.1) is 11.6 Å². The van der Waals surface area contributed by atoms with Crippen LogP contribution in [0.1, 0.15) is 6.92 Å². The zero-order valence-corrected chi connectivity index (χ0v) is 9.05. The van der Waals surface area contributed by atoms with Crippen LogP contribution in [0.5, 0.6) is 0 Å². The monoisotopic (exact) mass is 204 g/mol. The second kappa shape index (κ2) is 8.31. The summed E-state index contributed by atoms with van der Waals surface area (Å²) in [7, 11) is 1.98. The van der Waals surface area contributed by atoms with Gasteiger partial charge in [-0.1, -0.05) is 0 Å².